The quantitative estimate of drug-likeness (QED) is 0.794. The molecule has 0 bridgehead atoms. The van der Waals surface area contributed by atoms with Crippen LogP contribution in [0.1, 0.15) is 11.3 Å². The minimum atomic E-state index is 0. The van der Waals surface area contributed by atoms with Crippen molar-refractivity contribution in [1.29, 1.82) is 0 Å². The second-order valence-corrected chi connectivity index (χ2v) is 6.38. The molecule has 21 heavy (non-hydrogen) atoms. The molecule has 1 saturated heterocycles. The molecule has 6 heteroatoms. The Labute approximate surface area is 144 Å². The second kappa shape index (κ2) is 6.69. The van der Waals surface area contributed by atoms with Crippen LogP contribution in [0.15, 0.2) is 16.6 Å². The molecule has 1 aromatic carbocycles. The molecule has 1 aliphatic heterocycles. The lowest BCUT2D eigenvalue weighted by Crippen LogP contribution is -2.43. The summed E-state index contributed by atoms with van der Waals surface area (Å²) in [6, 6.07) is 4.00. The van der Waals surface area contributed by atoms with Crippen LogP contribution >= 0.6 is 39.9 Å². The van der Waals surface area contributed by atoms with Crippen molar-refractivity contribution in [3.8, 4) is 0 Å². The molecule has 0 spiro atoms. The number of hydrogen-bond donors (Lipinski definition) is 1. The molecule has 0 saturated carbocycles. The molecular weight excluding hydrogens is 373 g/mol. The van der Waals surface area contributed by atoms with E-state index in [0.717, 1.165) is 57.8 Å². The fourth-order valence-corrected chi connectivity index (χ4v) is 3.50. The van der Waals surface area contributed by atoms with Crippen molar-refractivity contribution in [3.63, 3.8) is 0 Å². The van der Waals surface area contributed by atoms with Gasteiger partial charge in [-0.3, -0.25) is 4.98 Å². The molecule has 2 aromatic rings. The maximum absolute atomic E-state index is 6.47. The first kappa shape index (κ1) is 16.8. The summed E-state index contributed by atoms with van der Waals surface area (Å²) >= 11 is 10.2. The maximum Gasteiger partial charge on any atom is 0.0771 e. The van der Waals surface area contributed by atoms with Crippen LogP contribution in [-0.2, 0) is 0 Å². The third-order valence-electron chi connectivity index (χ3n) is 3.80. The Balaban J connectivity index is 0.00000161. The van der Waals surface area contributed by atoms with E-state index >= 15 is 0 Å². The molecule has 1 aliphatic rings. The lowest BCUT2D eigenvalue weighted by Gasteiger charge is -2.32. The van der Waals surface area contributed by atoms with E-state index in [1.165, 1.54) is 5.69 Å². The molecule has 1 fully saturated rings. The van der Waals surface area contributed by atoms with Crippen LogP contribution in [0.5, 0.6) is 0 Å². The number of benzene rings is 1. The smallest absolute Gasteiger partial charge is 0.0771 e. The van der Waals surface area contributed by atoms with Crippen LogP contribution in [0, 0.1) is 13.8 Å². The van der Waals surface area contributed by atoms with Gasteiger partial charge in [0.15, 0.2) is 0 Å². The monoisotopic (exact) mass is 389 g/mol. The molecule has 0 aliphatic carbocycles. The maximum atomic E-state index is 6.47. The van der Waals surface area contributed by atoms with Gasteiger partial charge in [-0.25, -0.2) is 0 Å². The topological polar surface area (TPSA) is 28.2 Å². The molecule has 0 amide bonds. The van der Waals surface area contributed by atoms with Crippen molar-refractivity contribution in [2.24, 2.45) is 0 Å². The lowest BCUT2D eigenvalue weighted by molar-refractivity contribution is 0.589. The number of piperazine rings is 1. The van der Waals surface area contributed by atoms with Crippen molar-refractivity contribution in [3.05, 3.63) is 32.9 Å². The summed E-state index contributed by atoms with van der Waals surface area (Å²) in [6.45, 7) is 8.09. The highest BCUT2D eigenvalue weighted by atomic mass is 79.9. The van der Waals surface area contributed by atoms with Gasteiger partial charge in [-0.05, 0) is 41.4 Å². The van der Waals surface area contributed by atoms with Gasteiger partial charge in [-0.1, -0.05) is 17.7 Å². The number of anilines is 1. The largest absolute Gasteiger partial charge is 0.367 e. The SMILES string of the molecule is Cc1nc2c(C)ccc(Cl)c2c(N2CCNCC2)c1Br.Cl. The highest BCUT2D eigenvalue weighted by molar-refractivity contribution is 9.10. The van der Waals surface area contributed by atoms with Crippen molar-refractivity contribution in [2.45, 2.75) is 13.8 Å². The Morgan fingerprint density at radius 1 is 1.24 bits per heavy atom. The number of fused-ring (bicyclic) bond motifs is 1. The Bertz CT molecular complexity index is 670. The van der Waals surface area contributed by atoms with Gasteiger partial charge in [0.2, 0.25) is 0 Å². The van der Waals surface area contributed by atoms with Gasteiger partial charge in [-0.2, -0.15) is 0 Å². The molecule has 1 N–H and O–H groups in total. The van der Waals surface area contributed by atoms with E-state index in [1.54, 1.807) is 0 Å². The number of aryl methyl sites for hydroxylation is 2. The molecule has 3 rings (SSSR count). The van der Waals surface area contributed by atoms with E-state index in [1.807, 2.05) is 19.1 Å². The Hall–Kier alpha value is -0.550. The zero-order chi connectivity index (χ0) is 14.3. The van der Waals surface area contributed by atoms with Gasteiger partial charge < -0.3 is 10.2 Å². The average Bonchev–Trinajstić information content (AvgIpc) is 2.46. The molecule has 2 heterocycles. The first-order chi connectivity index (χ1) is 9.59. The summed E-state index contributed by atoms with van der Waals surface area (Å²) in [5, 5.41) is 5.22. The van der Waals surface area contributed by atoms with Crippen LogP contribution in [-0.4, -0.2) is 31.2 Å². The normalized spacial score (nSPS) is 15.1. The van der Waals surface area contributed by atoms with E-state index in [4.69, 9.17) is 16.6 Å². The third kappa shape index (κ3) is 3.00. The van der Waals surface area contributed by atoms with Crippen molar-refractivity contribution in [1.82, 2.24) is 10.3 Å². The Kier molecular flexibility index (Phi) is 5.36. The Morgan fingerprint density at radius 2 is 1.90 bits per heavy atom. The van der Waals surface area contributed by atoms with E-state index in [2.05, 4.69) is 33.1 Å². The highest BCUT2D eigenvalue weighted by Crippen LogP contribution is 2.40. The summed E-state index contributed by atoms with van der Waals surface area (Å²) < 4.78 is 1.06. The van der Waals surface area contributed by atoms with Crippen molar-refractivity contribution in [2.75, 3.05) is 31.1 Å². The van der Waals surface area contributed by atoms with E-state index in [9.17, 15) is 0 Å². The van der Waals surface area contributed by atoms with Crippen LogP contribution in [0.25, 0.3) is 10.9 Å². The summed E-state index contributed by atoms with van der Waals surface area (Å²) in [4.78, 5) is 7.11. The van der Waals surface area contributed by atoms with Gasteiger partial charge in [-0.15, -0.1) is 12.4 Å². The summed E-state index contributed by atoms with van der Waals surface area (Å²) in [5.41, 5.74) is 4.36. The molecule has 3 nitrogen and oxygen atoms in total. The molecule has 114 valence electrons. The van der Waals surface area contributed by atoms with Crippen LogP contribution < -0.4 is 10.2 Å². The fourth-order valence-electron chi connectivity index (χ4n) is 2.72. The minimum absolute atomic E-state index is 0. The summed E-state index contributed by atoms with van der Waals surface area (Å²) in [5.74, 6) is 0. The van der Waals surface area contributed by atoms with E-state index < -0.39 is 0 Å². The standard InChI is InChI=1S/C15H17BrClN3.ClH/c1-9-3-4-11(17)12-14(9)19-10(2)13(16)15(12)20-7-5-18-6-8-20;/h3-4,18H,5-8H2,1-2H3;1H. The number of rotatable bonds is 1. The molecule has 0 unspecified atom stereocenters. The number of pyridine rings is 1. The zero-order valence-electron chi connectivity index (χ0n) is 12.0. The molecular formula is C15H18BrCl2N3. The number of nitrogens with zero attached hydrogens (tertiary/aromatic N) is 2. The third-order valence-corrected chi connectivity index (χ3v) is 5.07. The summed E-state index contributed by atoms with van der Waals surface area (Å²) in [7, 11) is 0. The minimum Gasteiger partial charge on any atom is -0.367 e. The first-order valence-corrected chi connectivity index (χ1v) is 7.97. The first-order valence-electron chi connectivity index (χ1n) is 6.80. The second-order valence-electron chi connectivity index (χ2n) is 5.18. The van der Waals surface area contributed by atoms with Crippen LogP contribution in [0.3, 0.4) is 0 Å². The van der Waals surface area contributed by atoms with Crippen molar-refractivity contribution >= 4 is 56.5 Å². The van der Waals surface area contributed by atoms with Crippen molar-refractivity contribution < 1.29 is 0 Å². The predicted molar refractivity (Wildman–Crippen MR) is 96.3 cm³/mol. The predicted octanol–water partition coefficient (Wildman–Crippen LogP) is 4.10. The number of aromatic nitrogens is 1. The van der Waals surface area contributed by atoms with Crippen LogP contribution in [0.2, 0.25) is 5.02 Å². The van der Waals surface area contributed by atoms with E-state index in [-0.39, 0.29) is 12.4 Å². The van der Waals surface area contributed by atoms with E-state index in [0.29, 0.717) is 0 Å². The number of hydrogen-bond acceptors (Lipinski definition) is 3. The van der Waals surface area contributed by atoms with Gasteiger partial charge in [0, 0.05) is 31.6 Å². The molecule has 0 radical (unpaired) electrons. The van der Waals surface area contributed by atoms with Gasteiger partial charge in [0.05, 0.1) is 26.4 Å². The fraction of sp³-hybridized carbons (Fsp3) is 0.400. The van der Waals surface area contributed by atoms with Gasteiger partial charge in [0.1, 0.15) is 0 Å². The molecule has 1 aromatic heterocycles. The highest BCUT2D eigenvalue weighted by Gasteiger charge is 2.21. The summed E-state index contributed by atoms with van der Waals surface area (Å²) in [6.07, 6.45) is 0. The molecule has 0 atom stereocenters. The number of nitrogens with one attached hydrogen (secondary N) is 1. The lowest BCUT2D eigenvalue weighted by atomic mass is 10.1. The number of halogens is 3. The van der Waals surface area contributed by atoms with Gasteiger partial charge in [0.25, 0.3) is 0 Å². The van der Waals surface area contributed by atoms with Crippen LogP contribution in [0.4, 0.5) is 5.69 Å². The Morgan fingerprint density at radius 3 is 2.57 bits per heavy atom. The average molecular weight is 391 g/mol. The zero-order valence-corrected chi connectivity index (χ0v) is 15.2. The van der Waals surface area contributed by atoms with Gasteiger partial charge >= 0.3 is 0 Å².